The van der Waals surface area contributed by atoms with E-state index in [0.29, 0.717) is 38.4 Å². The van der Waals surface area contributed by atoms with Crippen LogP contribution in [0.25, 0.3) is 10.8 Å². The lowest BCUT2D eigenvalue weighted by atomic mass is 9.48. The summed E-state index contributed by atoms with van der Waals surface area (Å²) >= 11 is 0. The van der Waals surface area contributed by atoms with Crippen molar-refractivity contribution in [2.75, 3.05) is 0 Å². The highest BCUT2D eigenvalue weighted by Gasteiger charge is 2.63. The number of esters is 2. The van der Waals surface area contributed by atoms with Crippen molar-refractivity contribution in [2.45, 2.75) is 57.0 Å². The lowest BCUT2D eigenvalue weighted by molar-refractivity contribution is -0.222. The van der Waals surface area contributed by atoms with Gasteiger partial charge in [0.25, 0.3) is 0 Å². The van der Waals surface area contributed by atoms with E-state index in [4.69, 9.17) is 9.47 Å². The van der Waals surface area contributed by atoms with Crippen molar-refractivity contribution in [3.63, 3.8) is 0 Å². The fourth-order valence-corrected chi connectivity index (χ4v) is 6.31. The first-order chi connectivity index (χ1) is 14.6. The molecular weight excluding hydrogens is 406 g/mol. The second-order valence-corrected chi connectivity index (χ2v) is 9.79. The summed E-state index contributed by atoms with van der Waals surface area (Å²) in [4.78, 5) is 25.3. The van der Waals surface area contributed by atoms with E-state index in [1.807, 2.05) is 0 Å². The largest absolute Gasteiger partial charge is 0.508 e. The monoisotopic (exact) mass is 430 g/mol. The van der Waals surface area contributed by atoms with Gasteiger partial charge in [-0.05, 0) is 79.0 Å². The molecule has 2 aromatic rings. The van der Waals surface area contributed by atoms with Crippen molar-refractivity contribution in [3.8, 4) is 11.5 Å². The van der Waals surface area contributed by atoms with Crippen molar-refractivity contribution in [1.82, 2.24) is 0 Å². The van der Waals surface area contributed by atoms with Crippen molar-refractivity contribution in [1.29, 1.82) is 0 Å². The van der Waals surface area contributed by atoms with Crippen LogP contribution < -0.4 is 4.74 Å². The van der Waals surface area contributed by atoms with Crippen LogP contribution in [0.4, 0.5) is 8.78 Å². The van der Waals surface area contributed by atoms with Crippen LogP contribution in [0, 0.1) is 17.3 Å². The van der Waals surface area contributed by atoms with Crippen LogP contribution in [0.2, 0.25) is 0 Å². The summed E-state index contributed by atoms with van der Waals surface area (Å²) in [5.41, 5.74) is -1.84. The molecule has 0 saturated heterocycles. The minimum atomic E-state index is -3.56. The number of halogens is 2. The second-order valence-electron chi connectivity index (χ2n) is 9.79. The number of carbonyl (C=O) groups excluding carboxylic acids is 2. The van der Waals surface area contributed by atoms with Gasteiger partial charge < -0.3 is 14.6 Å². The molecule has 2 aromatic carbocycles. The number of phenolic OH excluding ortho intramolecular Hbond substituents is 1. The second kappa shape index (κ2) is 6.65. The smallest absolute Gasteiger partial charge is 0.377 e. The van der Waals surface area contributed by atoms with Crippen LogP contribution in [0.1, 0.15) is 45.4 Å². The number of alkyl halides is 2. The Morgan fingerprint density at radius 2 is 1.68 bits per heavy atom. The number of rotatable bonds is 4. The summed E-state index contributed by atoms with van der Waals surface area (Å²) in [7, 11) is 0. The fraction of sp³-hybridized carbons (Fsp3) is 0.500. The number of phenols is 1. The highest BCUT2D eigenvalue weighted by molar-refractivity contribution is 5.87. The third-order valence-electron chi connectivity index (χ3n) is 7.11. The van der Waals surface area contributed by atoms with Gasteiger partial charge in [0.2, 0.25) is 0 Å². The minimum Gasteiger partial charge on any atom is -0.508 e. The molecule has 0 spiro atoms. The summed E-state index contributed by atoms with van der Waals surface area (Å²) in [6.07, 6.45) is 3.47. The lowest BCUT2D eigenvalue weighted by Gasteiger charge is -2.59. The minimum absolute atomic E-state index is 0.156. The van der Waals surface area contributed by atoms with Gasteiger partial charge in [-0.25, -0.2) is 4.79 Å². The number of aromatic hydroxyl groups is 1. The molecule has 1 N–H and O–H groups in total. The molecule has 4 bridgehead atoms. The number of benzene rings is 2. The quantitative estimate of drug-likeness (QED) is 0.547. The average molecular weight is 430 g/mol. The van der Waals surface area contributed by atoms with Gasteiger partial charge >= 0.3 is 17.9 Å². The van der Waals surface area contributed by atoms with Crippen LogP contribution in [-0.4, -0.2) is 28.6 Å². The van der Waals surface area contributed by atoms with E-state index in [9.17, 15) is 23.5 Å². The molecule has 0 amide bonds. The van der Waals surface area contributed by atoms with Crippen molar-refractivity contribution in [3.05, 3.63) is 36.4 Å². The Labute approximate surface area is 178 Å². The molecule has 0 heterocycles. The molecule has 4 fully saturated rings. The molecule has 6 rings (SSSR count). The topological polar surface area (TPSA) is 72.8 Å². The van der Waals surface area contributed by atoms with Gasteiger partial charge in [0.1, 0.15) is 17.1 Å². The lowest BCUT2D eigenvalue weighted by Crippen LogP contribution is -2.61. The number of hydrogen-bond donors (Lipinski definition) is 1. The molecule has 164 valence electrons. The molecule has 4 aliphatic carbocycles. The predicted molar refractivity (Wildman–Crippen MR) is 108 cm³/mol. The average Bonchev–Trinajstić information content (AvgIpc) is 2.66. The van der Waals surface area contributed by atoms with Gasteiger partial charge in [-0.1, -0.05) is 12.1 Å². The van der Waals surface area contributed by atoms with E-state index in [-0.39, 0.29) is 30.0 Å². The summed E-state index contributed by atoms with van der Waals surface area (Å²) in [6, 6.07) is 10.1. The zero-order valence-corrected chi connectivity index (χ0v) is 17.2. The zero-order valence-electron chi connectivity index (χ0n) is 17.2. The van der Waals surface area contributed by atoms with E-state index < -0.39 is 22.9 Å². The molecule has 0 aromatic heterocycles. The zero-order chi connectivity index (χ0) is 22.0. The van der Waals surface area contributed by atoms with Crippen LogP contribution in [-0.2, 0) is 14.3 Å². The standard InChI is InChI=1S/C24H24F2O5/c1-22(25,26)20(28)31-24-11-14-6-15(12-24)10-23(9-14,13-24)21(29)30-19-5-3-16-7-18(27)4-2-17(16)8-19/h2-5,7-8,14-15,27H,6,9-13H2,1H3. The highest BCUT2D eigenvalue weighted by atomic mass is 19.3. The van der Waals surface area contributed by atoms with Crippen LogP contribution in [0.15, 0.2) is 36.4 Å². The van der Waals surface area contributed by atoms with Crippen molar-refractivity contribution in [2.24, 2.45) is 17.3 Å². The SMILES string of the molecule is CC(F)(F)C(=O)OC12CC3CC(C1)CC(C(=O)Oc1ccc4cc(O)ccc4c1)(C3)C2. The van der Waals surface area contributed by atoms with Gasteiger partial charge in [0, 0.05) is 13.3 Å². The molecule has 4 aliphatic rings. The third kappa shape index (κ3) is 3.54. The summed E-state index contributed by atoms with van der Waals surface area (Å²) in [5, 5.41) is 11.3. The Balaban J connectivity index is 1.40. The maximum atomic E-state index is 13.5. The number of hydrogen-bond acceptors (Lipinski definition) is 5. The Hall–Kier alpha value is -2.70. The maximum Gasteiger partial charge on any atom is 0.377 e. The molecule has 0 radical (unpaired) electrons. The molecule has 5 nitrogen and oxygen atoms in total. The normalized spacial score (nSPS) is 31.6. The van der Waals surface area contributed by atoms with Crippen molar-refractivity contribution >= 4 is 22.7 Å². The molecule has 2 atom stereocenters. The van der Waals surface area contributed by atoms with Gasteiger partial charge in [-0.2, -0.15) is 8.78 Å². The third-order valence-corrected chi connectivity index (χ3v) is 7.11. The molecule has 4 saturated carbocycles. The Kier molecular flexibility index (Phi) is 4.33. The van der Waals surface area contributed by atoms with E-state index in [1.54, 1.807) is 36.4 Å². The van der Waals surface area contributed by atoms with Crippen LogP contribution >= 0.6 is 0 Å². The summed E-state index contributed by atoms with van der Waals surface area (Å²) < 4.78 is 38.2. The van der Waals surface area contributed by atoms with E-state index >= 15 is 0 Å². The molecule has 31 heavy (non-hydrogen) atoms. The first-order valence-electron chi connectivity index (χ1n) is 10.6. The van der Waals surface area contributed by atoms with Gasteiger partial charge in [-0.15, -0.1) is 0 Å². The van der Waals surface area contributed by atoms with E-state index in [0.717, 1.165) is 17.2 Å². The summed E-state index contributed by atoms with van der Waals surface area (Å²) in [6.45, 7) is 0.541. The number of ether oxygens (including phenoxy) is 2. The Morgan fingerprint density at radius 1 is 1.03 bits per heavy atom. The fourth-order valence-electron chi connectivity index (χ4n) is 6.31. The predicted octanol–water partition coefficient (Wildman–Crippen LogP) is 4.99. The van der Waals surface area contributed by atoms with E-state index in [2.05, 4.69) is 0 Å². The van der Waals surface area contributed by atoms with Crippen LogP contribution in [0.5, 0.6) is 11.5 Å². The number of fused-ring (bicyclic) bond motifs is 1. The molecule has 0 aliphatic heterocycles. The Bertz CT molecular complexity index is 1060. The van der Waals surface area contributed by atoms with E-state index in [1.165, 1.54) is 0 Å². The Morgan fingerprint density at radius 3 is 2.35 bits per heavy atom. The first-order valence-corrected chi connectivity index (χ1v) is 10.6. The first kappa shape index (κ1) is 20.2. The van der Waals surface area contributed by atoms with Gasteiger partial charge in [0.15, 0.2) is 0 Å². The van der Waals surface area contributed by atoms with Gasteiger partial charge in [-0.3, -0.25) is 4.79 Å². The number of carbonyl (C=O) groups is 2. The molecule has 7 heteroatoms. The molecule has 2 unspecified atom stereocenters. The van der Waals surface area contributed by atoms with Gasteiger partial charge in [0.05, 0.1) is 5.41 Å². The summed E-state index contributed by atoms with van der Waals surface area (Å²) in [5.74, 6) is -4.60. The molecular formula is C24H24F2O5. The highest BCUT2D eigenvalue weighted by Crippen LogP contribution is 2.63. The van der Waals surface area contributed by atoms with Crippen LogP contribution in [0.3, 0.4) is 0 Å². The maximum absolute atomic E-state index is 13.5. The van der Waals surface area contributed by atoms with Crippen molar-refractivity contribution < 1.29 is 33.0 Å².